The zero-order valence-electron chi connectivity index (χ0n) is 9.19. The van der Waals surface area contributed by atoms with E-state index in [0.29, 0.717) is 25.9 Å². The van der Waals surface area contributed by atoms with Crippen molar-refractivity contribution in [2.45, 2.75) is 26.2 Å². The molecule has 0 aliphatic carbocycles. The predicted molar refractivity (Wildman–Crippen MR) is 57.1 cm³/mol. The smallest absolute Gasteiger partial charge is 0.337 e. The van der Waals surface area contributed by atoms with Crippen LogP contribution in [0.25, 0.3) is 0 Å². The number of H-pyrrole nitrogens is 1. The molecule has 90 valence electrons. The molecule has 1 aromatic heterocycles. The molecule has 1 rings (SSSR count). The number of carbonyl (C=O) groups is 1. The highest BCUT2D eigenvalue weighted by Gasteiger charge is 2.07. The van der Waals surface area contributed by atoms with Crippen molar-refractivity contribution in [3.8, 4) is 6.01 Å². The molecule has 0 radical (unpaired) electrons. The molecule has 7 heteroatoms. The predicted octanol–water partition coefficient (Wildman–Crippen LogP) is 0.304. The summed E-state index contributed by atoms with van der Waals surface area (Å²) in [5, 5.41) is 17.4. The first kappa shape index (κ1) is 12.4. The first-order valence-corrected chi connectivity index (χ1v) is 5.22. The third-order valence-corrected chi connectivity index (χ3v) is 1.81. The Bertz CT molecular complexity index is 326. The number of aliphatic hydroxyl groups excluding tert-OH is 1. The largest absolute Gasteiger partial charge is 0.463 e. The molecule has 1 heterocycles. The van der Waals surface area contributed by atoms with Crippen molar-refractivity contribution in [3.05, 3.63) is 0 Å². The second-order valence-corrected chi connectivity index (χ2v) is 3.13. The Hall–Kier alpha value is -1.63. The quantitative estimate of drug-likeness (QED) is 0.583. The molecule has 0 aliphatic rings. The van der Waals surface area contributed by atoms with E-state index >= 15 is 0 Å². The second kappa shape index (κ2) is 6.78. The lowest BCUT2D eigenvalue weighted by Gasteiger charge is -1.99. The van der Waals surface area contributed by atoms with Crippen LogP contribution < -0.4 is 10.1 Å². The number of rotatable bonds is 7. The monoisotopic (exact) mass is 228 g/mol. The van der Waals surface area contributed by atoms with Crippen LogP contribution in [0.3, 0.4) is 0 Å². The van der Waals surface area contributed by atoms with Gasteiger partial charge in [0.05, 0.1) is 6.61 Å². The number of aliphatic hydroxyl groups is 1. The van der Waals surface area contributed by atoms with E-state index in [1.165, 1.54) is 0 Å². The van der Waals surface area contributed by atoms with Crippen LogP contribution in [0.4, 0.5) is 5.95 Å². The molecule has 0 aromatic carbocycles. The van der Waals surface area contributed by atoms with E-state index in [-0.39, 0.29) is 24.5 Å². The molecular weight excluding hydrogens is 212 g/mol. The highest BCUT2D eigenvalue weighted by molar-refractivity contribution is 5.88. The van der Waals surface area contributed by atoms with Crippen LogP contribution in [-0.4, -0.2) is 39.4 Å². The van der Waals surface area contributed by atoms with E-state index in [1.54, 1.807) is 0 Å². The van der Waals surface area contributed by atoms with Crippen LogP contribution in [-0.2, 0) is 4.79 Å². The lowest BCUT2D eigenvalue weighted by atomic mass is 10.2. The van der Waals surface area contributed by atoms with Crippen molar-refractivity contribution in [2.24, 2.45) is 0 Å². The van der Waals surface area contributed by atoms with Gasteiger partial charge in [-0.1, -0.05) is 0 Å². The number of aromatic amines is 1. The summed E-state index contributed by atoms with van der Waals surface area (Å²) in [6, 6.07) is 0.216. The van der Waals surface area contributed by atoms with Gasteiger partial charge in [-0.15, -0.1) is 5.10 Å². The summed E-state index contributed by atoms with van der Waals surface area (Å²) in [6.07, 6.45) is 1.62. The van der Waals surface area contributed by atoms with E-state index in [0.717, 1.165) is 0 Å². The fourth-order valence-corrected chi connectivity index (χ4v) is 1.09. The SMILES string of the molecule is CCOc1n[nH]c(NC(=O)CCCCO)n1. The van der Waals surface area contributed by atoms with Gasteiger partial charge in [0.25, 0.3) is 0 Å². The summed E-state index contributed by atoms with van der Waals surface area (Å²) in [5.74, 6) is 0.116. The topological polar surface area (TPSA) is 100 Å². The van der Waals surface area contributed by atoms with E-state index in [2.05, 4.69) is 20.5 Å². The molecule has 7 nitrogen and oxygen atoms in total. The van der Waals surface area contributed by atoms with Crippen LogP contribution in [0.2, 0.25) is 0 Å². The number of hydrogen-bond donors (Lipinski definition) is 3. The van der Waals surface area contributed by atoms with Crippen molar-refractivity contribution in [3.63, 3.8) is 0 Å². The van der Waals surface area contributed by atoms with Crippen LogP contribution >= 0.6 is 0 Å². The third kappa shape index (κ3) is 4.26. The van der Waals surface area contributed by atoms with Gasteiger partial charge in [-0.05, 0) is 19.8 Å². The molecule has 0 saturated carbocycles. The lowest BCUT2D eigenvalue weighted by Crippen LogP contribution is -2.12. The zero-order valence-corrected chi connectivity index (χ0v) is 9.19. The molecule has 0 fully saturated rings. The maximum atomic E-state index is 11.3. The molecule has 0 bridgehead atoms. The summed E-state index contributed by atoms with van der Waals surface area (Å²) in [7, 11) is 0. The van der Waals surface area contributed by atoms with Crippen molar-refractivity contribution in [2.75, 3.05) is 18.5 Å². The van der Waals surface area contributed by atoms with Crippen LogP contribution in [0.5, 0.6) is 6.01 Å². The Morgan fingerprint density at radius 3 is 3.06 bits per heavy atom. The van der Waals surface area contributed by atoms with Gasteiger partial charge in [0.15, 0.2) is 0 Å². The molecule has 3 N–H and O–H groups in total. The number of amides is 1. The standard InChI is InChI=1S/C9H16N4O3/c1-2-16-9-11-8(12-13-9)10-7(15)5-3-4-6-14/h14H,2-6H2,1H3,(H2,10,11,12,13,15). The van der Waals surface area contributed by atoms with Crippen molar-refractivity contribution in [1.29, 1.82) is 0 Å². The maximum Gasteiger partial charge on any atom is 0.337 e. The molecule has 0 atom stereocenters. The van der Waals surface area contributed by atoms with Gasteiger partial charge in [0.1, 0.15) is 0 Å². The molecule has 16 heavy (non-hydrogen) atoms. The molecule has 0 aliphatic heterocycles. The number of ether oxygens (including phenoxy) is 1. The normalized spacial score (nSPS) is 10.1. The van der Waals surface area contributed by atoms with E-state index in [1.807, 2.05) is 6.92 Å². The summed E-state index contributed by atoms with van der Waals surface area (Å²) in [6.45, 7) is 2.40. The molecule has 1 amide bonds. The molecule has 1 aromatic rings. The van der Waals surface area contributed by atoms with Gasteiger partial charge in [-0.2, -0.15) is 4.98 Å². The van der Waals surface area contributed by atoms with E-state index < -0.39 is 0 Å². The average molecular weight is 228 g/mol. The van der Waals surface area contributed by atoms with Crippen LogP contribution in [0.15, 0.2) is 0 Å². The third-order valence-electron chi connectivity index (χ3n) is 1.81. The molecule has 0 spiro atoms. The minimum absolute atomic E-state index is 0.101. The average Bonchev–Trinajstić information content (AvgIpc) is 2.66. The van der Waals surface area contributed by atoms with Crippen molar-refractivity contribution < 1.29 is 14.6 Å². The number of nitrogens with zero attached hydrogens (tertiary/aromatic N) is 2. The van der Waals surface area contributed by atoms with Gasteiger partial charge in [-0.3, -0.25) is 10.1 Å². The first-order chi connectivity index (χ1) is 7.76. The number of aromatic nitrogens is 3. The Kier molecular flexibility index (Phi) is 5.27. The number of unbranched alkanes of at least 4 members (excludes halogenated alkanes) is 1. The van der Waals surface area contributed by atoms with Gasteiger partial charge >= 0.3 is 6.01 Å². The lowest BCUT2D eigenvalue weighted by molar-refractivity contribution is -0.116. The fraction of sp³-hybridized carbons (Fsp3) is 0.667. The van der Waals surface area contributed by atoms with Crippen LogP contribution in [0.1, 0.15) is 26.2 Å². The Morgan fingerprint density at radius 2 is 2.38 bits per heavy atom. The minimum Gasteiger partial charge on any atom is -0.463 e. The maximum absolute atomic E-state index is 11.3. The Morgan fingerprint density at radius 1 is 1.56 bits per heavy atom. The Labute approximate surface area is 93.2 Å². The van der Waals surface area contributed by atoms with Crippen LogP contribution in [0, 0.1) is 0 Å². The fourth-order valence-electron chi connectivity index (χ4n) is 1.09. The number of carbonyl (C=O) groups excluding carboxylic acids is 1. The highest BCUT2D eigenvalue weighted by atomic mass is 16.5. The molecule has 0 saturated heterocycles. The van der Waals surface area contributed by atoms with Gasteiger partial charge in [0, 0.05) is 13.0 Å². The Balaban J connectivity index is 2.31. The first-order valence-electron chi connectivity index (χ1n) is 5.22. The summed E-state index contributed by atoms with van der Waals surface area (Å²) >= 11 is 0. The van der Waals surface area contributed by atoms with Crippen molar-refractivity contribution in [1.82, 2.24) is 15.2 Å². The molecule has 0 unspecified atom stereocenters. The number of nitrogens with one attached hydrogen (secondary N) is 2. The summed E-state index contributed by atoms with van der Waals surface area (Å²) < 4.78 is 5.03. The van der Waals surface area contributed by atoms with Crippen molar-refractivity contribution >= 4 is 11.9 Å². The second-order valence-electron chi connectivity index (χ2n) is 3.13. The van der Waals surface area contributed by atoms with E-state index in [9.17, 15) is 4.79 Å². The summed E-state index contributed by atoms with van der Waals surface area (Å²) in [5.41, 5.74) is 0. The van der Waals surface area contributed by atoms with Gasteiger partial charge in [-0.25, -0.2) is 5.10 Å². The highest BCUT2D eigenvalue weighted by Crippen LogP contribution is 2.06. The number of hydrogen-bond acceptors (Lipinski definition) is 5. The van der Waals surface area contributed by atoms with Gasteiger partial charge < -0.3 is 9.84 Å². The minimum atomic E-state index is -0.160. The van der Waals surface area contributed by atoms with E-state index in [4.69, 9.17) is 9.84 Å². The number of anilines is 1. The summed E-state index contributed by atoms with van der Waals surface area (Å²) in [4.78, 5) is 15.2. The zero-order chi connectivity index (χ0) is 11.8. The molecular formula is C9H16N4O3. The van der Waals surface area contributed by atoms with Gasteiger partial charge in [0.2, 0.25) is 11.9 Å².